The van der Waals surface area contributed by atoms with Gasteiger partial charge in [0.25, 0.3) is 0 Å². The van der Waals surface area contributed by atoms with Crippen LogP contribution in [-0.4, -0.2) is 52.9 Å². The molecule has 1 aromatic rings. The van der Waals surface area contributed by atoms with Crippen LogP contribution in [0.1, 0.15) is 0 Å². The van der Waals surface area contributed by atoms with Crippen LogP contribution in [0, 0.1) is 0 Å². The highest BCUT2D eigenvalue weighted by molar-refractivity contribution is 7.90. The van der Waals surface area contributed by atoms with Gasteiger partial charge in [-0.05, 0) is 24.3 Å². The van der Waals surface area contributed by atoms with Crippen molar-refractivity contribution in [2.75, 3.05) is 25.9 Å². The number of piperazine rings is 1. The van der Waals surface area contributed by atoms with Crippen LogP contribution in [0.15, 0.2) is 34.1 Å². The molecule has 9 heteroatoms. The molecule has 1 aliphatic rings. The molecule has 7 nitrogen and oxygen atoms in total. The Balaban J connectivity index is 2.32. The van der Waals surface area contributed by atoms with Gasteiger partial charge >= 0.3 is 0 Å². The van der Waals surface area contributed by atoms with Gasteiger partial charge < -0.3 is 5.32 Å². The first-order valence-corrected chi connectivity index (χ1v) is 9.11. The van der Waals surface area contributed by atoms with Crippen LogP contribution in [0.3, 0.4) is 0 Å². The summed E-state index contributed by atoms with van der Waals surface area (Å²) in [6.07, 6.45) is 1.05. The van der Waals surface area contributed by atoms with Crippen molar-refractivity contribution < 1.29 is 21.6 Å². The second-order valence-corrected chi connectivity index (χ2v) is 8.39. The zero-order valence-electron chi connectivity index (χ0n) is 10.7. The van der Waals surface area contributed by atoms with Gasteiger partial charge in [-0.15, -0.1) is 0 Å². The van der Waals surface area contributed by atoms with Crippen molar-refractivity contribution >= 4 is 25.8 Å². The number of sulfonamides is 1. The van der Waals surface area contributed by atoms with Gasteiger partial charge in [0, 0.05) is 19.3 Å². The number of carbonyl (C=O) groups excluding carboxylic acids is 1. The van der Waals surface area contributed by atoms with E-state index in [-0.39, 0.29) is 35.3 Å². The van der Waals surface area contributed by atoms with E-state index in [1.54, 1.807) is 0 Å². The molecule has 0 radical (unpaired) electrons. The first-order valence-electron chi connectivity index (χ1n) is 5.78. The molecule has 2 rings (SSSR count). The number of carbonyl (C=O) groups is 1. The maximum atomic E-state index is 12.3. The lowest BCUT2D eigenvalue weighted by molar-refractivity contribution is -0.122. The average Bonchev–Trinajstić information content (AvgIpc) is 2.38. The van der Waals surface area contributed by atoms with Crippen molar-refractivity contribution in [3.05, 3.63) is 24.3 Å². The summed E-state index contributed by atoms with van der Waals surface area (Å²) in [4.78, 5) is 11.3. The average molecular weight is 318 g/mol. The summed E-state index contributed by atoms with van der Waals surface area (Å²) in [5.74, 6) is -0.354. The summed E-state index contributed by atoms with van der Waals surface area (Å²) >= 11 is 0. The van der Waals surface area contributed by atoms with E-state index >= 15 is 0 Å². The second-order valence-electron chi connectivity index (χ2n) is 4.43. The first kappa shape index (κ1) is 14.9. The van der Waals surface area contributed by atoms with Crippen molar-refractivity contribution in [3.8, 4) is 0 Å². The van der Waals surface area contributed by atoms with E-state index in [1.165, 1.54) is 24.3 Å². The smallest absolute Gasteiger partial charge is 0.243 e. The van der Waals surface area contributed by atoms with Gasteiger partial charge in [0.05, 0.1) is 16.3 Å². The number of nitrogens with zero attached hydrogens (tertiary/aromatic N) is 1. The highest BCUT2D eigenvalue weighted by Crippen LogP contribution is 2.18. The molecule has 0 spiro atoms. The molecule has 0 saturated carbocycles. The molecule has 20 heavy (non-hydrogen) atoms. The number of hydrogen-bond donors (Lipinski definition) is 1. The highest BCUT2D eigenvalue weighted by atomic mass is 32.2. The molecule has 1 fully saturated rings. The molecule has 110 valence electrons. The van der Waals surface area contributed by atoms with Gasteiger partial charge in [-0.1, -0.05) is 0 Å². The summed E-state index contributed by atoms with van der Waals surface area (Å²) in [6, 6.07) is 4.95. The SMILES string of the molecule is CS(=O)(=O)c1ccc(S(=O)(=O)N2CCNC(=O)C2)cc1. The maximum absolute atomic E-state index is 12.3. The summed E-state index contributed by atoms with van der Waals surface area (Å²) in [5.41, 5.74) is 0. The Kier molecular flexibility index (Phi) is 3.85. The molecular formula is C11H14N2O5S2. The molecule has 1 amide bonds. The van der Waals surface area contributed by atoms with Gasteiger partial charge in [-0.25, -0.2) is 16.8 Å². The van der Waals surface area contributed by atoms with Gasteiger partial charge in [-0.3, -0.25) is 4.79 Å². The zero-order valence-corrected chi connectivity index (χ0v) is 12.4. The minimum atomic E-state index is -3.78. The van der Waals surface area contributed by atoms with E-state index in [4.69, 9.17) is 0 Å². The molecule has 0 unspecified atom stereocenters. The Morgan fingerprint density at radius 1 is 1.05 bits per heavy atom. The Morgan fingerprint density at radius 2 is 1.60 bits per heavy atom. The van der Waals surface area contributed by atoms with Gasteiger partial charge in [0.1, 0.15) is 0 Å². The minimum absolute atomic E-state index is 0.0281. The fourth-order valence-corrected chi connectivity index (χ4v) is 3.86. The van der Waals surface area contributed by atoms with Crippen molar-refractivity contribution in [2.45, 2.75) is 9.79 Å². The Hall–Kier alpha value is -1.45. The lowest BCUT2D eigenvalue weighted by Gasteiger charge is -2.25. The molecule has 0 bridgehead atoms. The van der Waals surface area contributed by atoms with Crippen LogP contribution < -0.4 is 5.32 Å². The van der Waals surface area contributed by atoms with Crippen molar-refractivity contribution in [1.82, 2.24) is 9.62 Å². The predicted molar refractivity (Wildman–Crippen MR) is 71.3 cm³/mol. The summed E-state index contributed by atoms with van der Waals surface area (Å²) in [6.45, 7) is 0.234. The first-order chi connectivity index (χ1) is 9.21. The van der Waals surface area contributed by atoms with Gasteiger partial charge in [-0.2, -0.15) is 4.31 Å². The maximum Gasteiger partial charge on any atom is 0.243 e. The lowest BCUT2D eigenvalue weighted by Crippen LogP contribution is -2.49. The summed E-state index contributed by atoms with van der Waals surface area (Å²) in [5, 5.41) is 2.54. The predicted octanol–water partition coefficient (Wildman–Crippen LogP) is -0.789. The van der Waals surface area contributed by atoms with E-state index in [0.717, 1.165) is 10.6 Å². The largest absolute Gasteiger partial charge is 0.354 e. The van der Waals surface area contributed by atoms with Crippen LogP contribution in [0.4, 0.5) is 0 Å². The van der Waals surface area contributed by atoms with E-state index < -0.39 is 19.9 Å². The lowest BCUT2D eigenvalue weighted by atomic mass is 10.4. The van der Waals surface area contributed by atoms with E-state index in [2.05, 4.69) is 5.32 Å². The molecule has 1 saturated heterocycles. The molecule has 1 heterocycles. The van der Waals surface area contributed by atoms with Gasteiger partial charge in [0.15, 0.2) is 9.84 Å². The standard InChI is InChI=1S/C11H14N2O5S2/c1-19(15,16)9-2-4-10(5-3-9)20(17,18)13-7-6-12-11(14)8-13/h2-5H,6-8H2,1H3,(H,12,14). The van der Waals surface area contributed by atoms with Crippen LogP contribution in [0.25, 0.3) is 0 Å². The van der Waals surface area contributed by atoms with Crippen molar-refractivity contribution in [1.29, 1.82) is 0 Å². The quantitative estimate of drug-likeness (QED) is 0.787. The third kappa shape index (κ3) is 3.00. The van der Waals surface area contributed by atoms with E-state index in [0.29, 0.717) is 0 Å². The van der Waals surface area contributed by atoms with Crippen molar-refractivity contribution in [2.24, 2.45) is 0 Å². The number of sulfone groups is 1. The molecule has 0 aromatic heterocycles. The third-order valence-electron chi connectivity index (χ3n) is 2.89. The fraction of sp³-hybridized carbons (Fsp3) is 0.364. The van der Waals surface area contributed by atoms with Crippen molar-refractivity contribution in [3.63, 3.8) is 0 Å². The van der Waals surface area contributed by atoms with E-state index in [1.807, 2.05) is 0 Å². The minimum Gasteiger partial charge on any atom is -0.354 e. The Bertz CT molecular complexity index is 723. The van der Waals surface area contributed by atoms with Crippen LogP contribution in [0.5, 0.6) is 0 Å². The zero-order chi connectivity index (χ0) is 15.0. The third-order valence-corrected chi connectivity index (χ3v) is 5.88. The monoisotopic (exact) mass is 318 g/mol. The molecule has 1 N–H and O–H groups in total. The second kappa shape index (κ2) is 5.15. The molecule has 0 atom stereocenters. The van der Waals surface area contributed by atoms with Crippen LogP contribution >= 0.6 is 0 Å². The molecule has 1 aromatic carbocycles. The Labute approximate surface area is 117 Å². The fourth-order valence-electron chi connectivity index (χ4n) is 1.83. The van der Waals surface area contributed by atoms with Crippen LogP contribution in [0.2, 0.25) is 0 Å². The summed E-state index contributed by atoms with van der Waals surface area (Å²) in [7, 11) is -7.15. The number of nitrogens with one attached hydrogen (secondary N) is 1. The van der Waals surface area contributed by atoms with Gasteiger partial charge in [0.2, 0.25) is 15.9 Å². The highest BCUT2D eigenvalue weighted by Gasteiger charge is 2.29. The number of rotatable bonds is 3. The topological polar surface area (TPSA) is 101 Å². The number of hydrogen-bond acceptors (Lipinski definition) is 5. The molecule has 1 aliphatic heterocycles. The molecule has 0 aliphatic carbocycles. The Morgan fingerprint density at radius 3 is 2.10 bits per heavy atom. The number of benzene rings is 1. The normalized spacial score (nSPS) is 17.8. The van der Waals surface area contributed by atoms with Crippen LogP contribution in [-0.2, 0) is 24.7 Å². The van der Waals surface area contributed by atoms with E-state index in [9.17, 15) is 21.6 Å². The summed E-state index contributed by atoms with van der Waals surface area (Å²) < 4.78 is 48.3. The molecular weight excluding hydrogens is 304 g/mol. The number of amides is 1.